The zero-order valence-electron chi connectivity index (χ0n) is 6.52. The van der Waals surface area contributed by atoms with Crippen LogP contribution in [-0.4, -0.2) is 0 Å². The predicted octanol–water partition coefficient (Wildman–Crippen LogP) is 2.68. The van der Waals surface area contributed by atoms with Gasteiger partial charge in [-0.15, -0.1) is 9.24 Å². The fraction of sp³-hybridized carbons (Fsp3) is 0.333. The highest BCUT2D eigenvalue weighted by Gasteiger charge is 1.96. The quantitative estimate of drug-likeness (QED) is 0.543. The monoisotopic (exact) mass is 152 g/mol. The van der Waals surface area contributed by atoms with Crippen LogP contribution < -0.4 is 0 Å². The van der Waals surface area contributed by atoms with Crippen LogP contribution in [0.1, 0.15) is 16.7 Å². The van der Waals surface area contributed by atoms with Crippen molar-refractivity contribution < 1.29 is 0 Å². The molecule has 0 bridgehead atoms. The molecule has 0 fully saturated rings. The summed E-state index contributed by atoms with van der Waals surface area (Å²) in [4.78, 5) is 0. The van der Waals surface area contributed by atoms with Crippen molar-refractivity contribution in [2.45, 2.75) is 20.0 Å². The van der Waals surface area contributed by atoms with Gasteiger partial charge >= 0.3 is 0 Å². The topological polar surface area (TPSA) is 0 Å². The first kappa shape index (κ1) is 7.75. The van der Waals surface area contributed by atoms with Gasteiger partial charge in [0.15, 0.2) is 0 Å². The van der Waals surface area contributed by atoms with Gasteiger partial charge in [0, 0.05) is 0 Å². The summed E-state index contributed by atoms with van der Waals surface area (Å²) in [5.41, 5.74) is 4.26. The summed E-state index contributed by atoms with van der Waals surface area (Å²) < 4.78 is 0. The summed E-state index contributed by atoms with van der Waals surface area (Å²) >= 11 is 0. The van der Waals surface area contributed by atoms with E-state index in [-0.39, 0.29) is 0 Å². The molecule has 1 atom stereocenters. The Kier molecular flexibility index (Phi) is 2.45. The van der Waals surface area contributed by atoms with Gasteiger partial charge < -0.3 is 0 Å². The second kappa shape index (κ2) is 3.16. The van der Waals surface area contributed by atoms with E-state index in [0.717, 1.165) is 6.16 Å². The minimum Gasteiger partial charge on any atom is -0.133 e. The second-order valence-corrected chi connectivity index (χ2v) is 2.98. The van der Waals surface area contributed by atoms with E-state index in [1.54, 1.807) is 0 Å². The highest BCUT2D eigenvalue weighted by molar-refractivity contribution is 7.15. The highest BCUT2D eigenvalue weighted by atomic mass is 31.0. The van der Waals surface area contributed by atoms with Crippen molar-refractivity contribution in [1.82, 2.24) is 0 Å². The molecule has 0 aromatic heterocycles. The summed E-state index contributed by atoms with van der Waals surface area (Å²) in [5, 5.41) is 0. The molecule has 0 radical (unpaired) electrons. The maximum Gasteiger partial charge on any atom is -0.0123 e. The zero-order valence-corrected chi connectivity index (χ0v) is 7.67. The van der Waals surface area contributed by atoms with Crippen LogP contribution >= 0.6 is 9.24 Å². The molecule has 1 rings (SSSR count). The lowest BCUT2D eigenvalue weighted by Crippen LogP contribution is -1.87. The molecule has 0 saturated carbocycles. The van der Waals surface area contributed by atoms with Gasteiger partial charge in [0.2, 0.25) is 0 Å². The van der Waals surface area contributed by atoms with Gasteiger partial charge in [-0.25, -0.2) is 0 Å². The molecule has 1 aromatic carbocycles. The average Bonchev–Trinajstić information content (AvgIpc) is 1.88. The molecule has 0 N–H and O–H groups in total. The van der Waals surface area contributed by atoms with Crippen LogP contribution in [0, 0.1) is 13.8 Å². The van der Waals surface area contributed by atoms with E-state index in [4.69, 9.17) is 0 Å². The van der Waals surface area contributed by atoms with Crippen molar-refractivity contribution >= 4 is 9.24 Å². The molecule has 0 spiro atoms. The molecule has 0 aliphatic carbocycles. The maximum atomic E-state index is 2.76. The van der Waals surface area contributed by atoms with Gasteiger partial charge in [-0.2, -0.15) is 0 Å². The number of benzene rings is 1. The third kappa shape index (κ3) is 1.38. The molecule has 1 unspecified atom stereocenters. The maximum absolute atomic E-state index is 2.76. The summed E-state index contributed by atoms with van der Waals surface area (Å²) in [6.45, 7) is 4.32. The predicted molar refractivity (Wildman–Crippen MR) is 49.3 cm³/mol. The SMILES string of the molecule is Cc1cccc(C)c1CP. The minimum atomic E-state index is 1.07. The fourth-order valence-corrected chi connectivity index (χ4v) is 1.81. The van der Waals surface area contributed by atoms with E-state index in [9.17, 15) is 0 Å². The highest BCUT2D eigenvalue weighted by Crippen LogP contribution is 2.15. The van der Waals surface area contributed by atoms with Crippen molar-refractivity contribution in [3.05, 3.63) is 34.9 Å². The summed E-state index contributed by atoms with van der Waals surface area (Å²) in [6.07, 6.45) is 1.07. The van der Waals surface area contributed by atoms with Crippen LogP contribution in [0.2, 0.25) is 0 Å². The Morgan fingerprint density at radius 1 is 1.20 bits per heavy atom. The van der Waals surface area contributed by atoms with Crippen molar-refractivity contribution in [2.24, 2.45) is 0 Å². The summed E-state index contributed by atoms with van der Waals surface area (Å²) in [7, 11) is 2.76. The molecule has 1 heteroatoms. The number of aryl methyl sites for hydroxylation is 2. The Labute approximate surface area is 64.9 Å². The summed E-state index contributed by atoms with van der Waals surface area (Å²) in [5.74, 6) is 0. The molecule has 0 saturated heterocycles. The molecule has 0 nitrogen and oxygen atoms in total. The van der Waals surface area contributed by atoms with Gasteiger partial charge in [0.05, 0.1) is 0 Å². The van der Waals surface area contributed by atoms with Crippen LogP contribution in [0.4, 0.5) is 0 Å². The van der Waals surface area contributed by atoms with Gasteiger partial charge in [-0.05, 0) is 36.7 Å². The molecule has 0 aliphatic rings. The first-order valence-electron chi connectivity index (χ1n) is 3.51. The molecule has 10 heavy (non-hydrogen) atoms. The molecule has 0 aliphatic heterocycles. The Balaban J connectivity index is 3.17. The van der Waals surface area contributed by atoms with Gasteiger partial charge in [-0.3, -0.25) is 0 Å². The molecule has 0 heterocycles. The average molecular weight is 152 g/mol. The van der Waals surface area contributed by atoms with E-state index in [0.29, 0.717) is 0 Å². The standard InChI is InChI=1S/C9H13P/c1-7-4-3-5-8(2)9(7)6-10/h3-5H,6,10H2,1-2H3. The Morgan fingerprint density at radius 3 is 2.00 bits per heavy atom. The first-order chi connectivity index (χ1) is 4.75. The lowest BCUT2D eigenvalue weighted by atomic mass is 10.1. The second-order valence-electron chi connectivity index (χ2n) is 2.57. The number of hydrogen-bond acceptors (Lipinski definition) is 0. The van der Waals surface area contributed by atoms with E-state index < -0.39 is 0 Å². The Morgan fingerprint density at radius 2 is 1.70 bits per heavy atom. The molecular formula is C9H13P. The van der Waals surface area contributed by atoms with Crippen molar-refractivity contribution in [2.75, 3.05) is 0 Å². The van der Waals surface area contributed by atoms with Crippen molar-refractivity contribution in [3.63, 3.8) is 0 Å². The normalized spacial score (nSPS) is 9.90. The van der Waals surface area contributed by atoms with E-state index in [1.807, 2.05) is 0 Å². The van der Waals surface area contributed by atoms with Crippen LogP contribution in [0.25, 0.3) is 0 Å². The number of rotatable bonds is 1. The smallest absolute Gasteiger partial charge is 0.0123 e. The van der Waals surface area contributed by atoms with Crippen LogP contribution in [0.3, 0.4) is 0 Å². The van der Waals surface area contributed by atoms with Crippen LogP contribution in [0.15, 0.2) is 18.2 Å². The lowest BCUT2D eigenvalue weighted by Gasteiger charge is -2.04. The minimum absolute atomic E-state index is 1.07. The van der Waals surface area contributed by atoms with E-state index in [1.165, 1.54) is 16.7 Å². The van der Waals surface area contributed by atoms with Gasteiger partial charge in [0.25, 0.3) is 0 Å². The fourth-order valence-electron chi connectivity index (χ4n) is 1.17. The Bertz CT molecular complexity index is 208. The lowest BCUT2D eigenvalue weighted by molar-refractivity contribution is 1.24. The van der Waals surface area contributed by atoms with Crippen LogP contribution in [-0.2, 0) is 6.16 Å². The van der Waals surface area contributed by atoms with Crippen molar-refractivity contribution in [1.29, 1.82) is 0 Å². The first-order valence-corrected chi connectivity index (χ1v) is 4.32. The largest absolute Gasteiger partial charge is 0.133 e. The number of hydrogen-bond donors (Lipinski definition) is 0. The molecule has 54 valence electrons. The third-order valence-corrected chi connectivity index (χ3v) is 2.26. The van der Waals surface area contributed by atoms with E-state index in [2.05, 4.69) is 41.3 Å². The molecular weight excluding hydrogens is 139 g/mol. The molecule has 0 amide bonds. The summed E-state index contributed by atoms with van der Waals surface area (Å²) in [6, 6.07) is 6.42. The molecule has 1 aromatic rings. The van der Waals surface area contributed by atoms with Crippen molar-refractivity contribution in [3.8, 4) is 0 Å². The van der Waals surface area contributed by atoms with Gasteiger partial charge in [-0.1, -0.05) is 18.2 Å². The van der Waals surface area contributed by atoms with Gasteiger partial charge in [0.1, 0.15) is 0 Å². The van der Waals surface area contributed by atoms with Crippen LogP contribution in [0.5, 0.6) is 0 Å². The van der Waals surface area contributed by atoms with E-state index >= 15 is 0 Å². The Hall–Kier alpha value is -0.350. The zero-order chi connectivity index (χ0) is 7.56. The third-order valence-electron chi connectivity index (χ3n) is 1.85.